The van der Waals surface area contributed by atoms with E-state index in [1.54, 1.807) is 27.7 Å². The molecule has 28 heavy (non-hydrogen) atoms. The average Bonchev–Trinajstić information content (AvgIpc) is 2.98. The number of ether oxygens (including phenoxy) is 1. The van der Waals surface area contributed by atoms with Gasteiger partial charge in [-0.1, -0.05) is 39.0 Å². The summed E-state index contributed by atoms with van der Waals surface area (Å²) in [6.45, 7) is 7.10. The number of nitrogens with zero attached hydrogens (tertiary/aromatic N) is 1. The Hall–Kier alpha value is -1.83. The number of alkyl carbamates (subject to hydrolysis) is 1. The molecule has 2 aliphatic rings. The fourth-order valence-electron chi connectivity index (χ4n) is 4.40. The molecular weight excluding hydrogens is 364 g/mol. The van der Waals surface area contributed by atoms with Crippen LogP contribution < -0.4 is 5.32 Å². The molecule has 4 atom stereocenters. The summed E-state index contributed by atoms with van der Waals surface area (Å²) in [5.41, 5.74) is -0.713. The minimum absolute atomic E-state index is 0.179. The van der Waals surface area contributed by atoms with E-state index >= 15 is 0 Å². The number of carboxylic acids is 1. The summed E-state index contributed by atoms with van der Waals surface area (Å²) in [5, 5.41) is 22.6. The summed E-state index contributed by atoms with van der Waals surface area (Å²) in [6, 6.07) is -1.96. The first kappa shape index (κ1) is 22.5. The Morgan fingerprint density at radius 2 is 1.79 bits per heavy atom. The van der Waals surface area contributed by atoms with E-state index in [-0.39, 0.29) is 24.8 Å². The lowest BCUT2D eigenvalue weighted by Crippen LogP contribution is -2.54. The summed E-state index contributed by atoms with van der Waals surface area (Å²) in [4.78, 5) is 38.3. The quantitative estimate of drug-likeness (QED) is 0.653. The van der Waals surface area contributed by atoms with E-state index < -0.39 is 41.8 Å². The molecule has 1 aliphatic carbocycles. The number of hydrogen-bond donors (Lipinski definition) is 3. The molecule has 1 aliphatic heterocycles. The molecule has 0 aromatic heterocycles. The van der Waals surface area contributed by atoms with Gasteiger partial charge in [0.25, 0.3) is 5.91 Å². The van der Waals surface area contributed by atoms with Gasteiger partial charge in [-0.15, -0.1) is 0 Å². The predicted molar refractivity (Wildman–Crippen MR) is 103 cm³/mol. The van der Waals surface area contributed by atoms with Gasteiger partial charge in [-0.25, -0.2) is 9.59 Å². The Balaban J connectivity index is 2.30. The number of aliphatic carboxylic acids is 1. The fourth-order valence-corrected chi connectivity index (χ4v) is 4.40. The van der Waals surface area contributed by atoms with Crippen molar-refractivity contribution < 1.29 is 29.3 Å². The van der Waals surface area contributed by atoms with Crippen molar-refractivity contribution in [1.29, 1.82) is 0 Å². The largest absolute Gasteiger partial charge is 0.480 e. The maximum Gasteiger partial charge on any atom is 0.407 e. The van der Waals surface area contributed by atoms with E-state index in [9.17, 15) is 24.6 Å². The first-order chi connectivity index (χ1) is 13.0. The van der Waals surface area contributed by atoms with Crippen molar-refractivity contribution in [3.8, 4) is 0 Å². The third kappa shape index (κ3) is 5.37. The molecule has 1 saturated carbocycles. The summed E-state index contributed by atoms with van der Waals surface area (Å²) in [7, 11) is 0. The average molecular weight is 399 g/mol. The van der Waals surface area contributed by atoms with Gasteiger partial charge in [-0.3, -0.25) is 4.79 Å². The van der Waals surface area contributed by atoms with Gasteiger partial charge in [0, 0.05) is 12.5 Å². The van der Waals surface area contributed by atoms with Crippen LogP contribution >= 0.6 is 0 Å². The van der Waals surface area contributed by atoms with Crippen LogP contribution in [0.3, 0.4) is 0 Å². The molecule has 2 unspecified atom stereocenters. The van der Waals surface area contributed by atoms with E-state index in [0.29, 0.717) is 0 Å². The number of carboxylic acid groups (broad SMARTS) is 1. The van der Waals surface area contributed by atoms with Crippen LogP contribution in [0.1, 0.15) is 66.2 Å². The maximum absolute atomic E-state index is 12.6. The van der Waals surface area contributed by atoms with E-state index in [2.05, 4.69) is 5.32 Å². The van der Waals surface area contributed by atoms with Crippen LogP contribution in [-0.2, 0) is 14.3 Å². The second kappa shape index (κ2) is 9.11. The van der Waals surface area contributed by atoms with Gasteiger partial charge in [0.2, 0.25) is 0 Å². The smallest absolute Gasteiger partial charge is 0.407 e. The third-order valence-corrected chi connectivity index (χ3v) is 5.69. The second-order valence-corrected chi connectivity index (χ2v) is 8.93. The highest BCUT2D eigenvalue weighted by Crippen LogP contribution is 2.38. The van der Waals surface area contributed by atoms with Gasteiger partial charge in [0.05, 0.1) is 6.04 Å². The molecule has 2 rings (SSSR count). The number of carbonyl (C=O) groups is 3. The molecule has 0 radical (unpaired) electrons. The highest BCUT2D eigenvalue weighted by Gasteiger charge is 2.52. The monoisotopic (exact) mass is 398 g/mol. The molecule has 8 heteroatoms. The molecule has 0 bridgehead atoms. The number of rotatable bonds is 5. The van der Waals surface area contributed by atoms with Crippen LogP contribution in [0.4, 0.5) is 4.79 Å². The lowest BCUT2D eigenvalue weighted by Gasteiger charge is -2.32. The Bertz CT molecular complexity index is 582. The van der Waals surface area contributed by atoms with Crippen molar-refractivity contribution in [1.82, 2.24) is 10.2 Å². The number of aliphatic hydroxyl groups excluding tert-OH is 1. The Morgan fingerprint density at radius 3 is 2.29 bits per heavy atom. The van der Waals surface area contributed by atoms with E-state index in [4.69, 9.17) is 4.74 Å². The molecule has 1 saturated heterocycles. The van der Waals surface area contributed by atoms with Crippen molar-refractivity contribution in [2.24, 2.45) is 11.8 Å². The molecule has 8 nitrogen and oxygen atoms in total. The highest BCUT2D eigenvalue weighted by molar-refractivity contribution is 5.88. The first-order valence-corrected chi connectivity index (χ1v) is 10.3. The lowest BCUT2D eigenvalue weighted by molar-refractivity contribution is -0.152. The molecule has 2 fully saturated rings. The van der Waals surface area contributed by atoms with Gasteiger partial charge in [-0.2, -0.15) is 0 Å². The maximum atomic E-state index is 12.6. The second-order valence-electron chi connectivity index (χ2n) is 8.93. The number of amides is 2. The Kier molecular flexibility index (Phi) is 7.31. The minimum atomic E-state index is -1.24. The number of nitrogens with one attached hydrogen (secondary N) is 1. The Morgan fingerprint density at radius 1 is 1.18 bits per heavy atom. The molecular formula is C20H34N2O6. The molecule has 0 spiro atoms. The predicted octanol–water partition coefficient (Wildman–Crippen LogP) is 2.14. The summed E-state index contributed by atoms with van der Waals surface area (Å²) in [6.07, 6.45) is 3.44. The Labute approximate surface area is 166 Å². The fraction of sp³-hybridized carbons (Fsp3) is 0.850. The van der Waals surface area contributed by atoms with Gasteiger partial charge in [0.15, 0.2) is 0 Å². The van der Waals surface area contributed by atoms with Crippen molar-refractivity contribution in [2.45, 2.75) is 90.0 Å². The molecule has 0 aromatic carbocycles. The van der Waals surface area contributed by atoms with Crippen LogP contribution in [0.5, 0.6) is 0 Å². The van der Waals surface area contributed by atoms with Gasteiger partial charge in [-0.05, 0) is 33.1 Å². The molecule has 2 amide bonds. The van der Waals surface area contributed by atoms with Gasteiger partial charge in [0.1, 0.15) is 17.7 Å². The van der Waals surface area contributed by atoms with Crippen molar-refractivity contribution in [2.75, 3.05) is 6.54 Å². The van der Waals surface area contributed by atoms with Gasteiger partial charge >= 0.3 is 12.1 Å². The van der Waals surface area contributed by atoms with E-state index in [1.807, 2.05) is 0 Å². The number of carbonyl (C=O) groups excluding carboxylic acids is 2. The van der Waals surface area contributed by atoms with Crippen LogP contribution in [0.2, 0.25) is 0 Å². The van der Waals surface area contributed by atoms with E-state index in [1.165, 1.54) is 4.90 Å². The minimum Gasteiger partial charge on any atom is -0.480 e. The number of aliphatic hydroxyl groups is 1. The third-order valence-electron chi connectivity index (χ3n) is 5.69. The molecule has 160 valence electrons. The standard InChI is InChI=1S/C20H34N2O6/c1-5-14(23)17(24)22-11-13(12-9-7-6-8-10-12)15(16(22)18(25)26)21-19(27)28-20(2,3)4/h12-16,23H,5-11H2,1-4H3,(H,21,27)(H,25,26)/t13?,14?,15-,16-/m0/s1. The van der Waals surface area contributed by atoms with Crippen molar-refractivity contribution in [3.05, 3.63) is 0 Å². The molecule has 0 aromatic rings. The van der Waals surface area contributed by atoms with Crippen LogP contribution in [0, 0.1) is 11.8 Å². The topological polar surface area (TPSA) is 116 Å². The molecule has 1 heterocycles. The van der Waals surface area contributed by atoms with E-state index in [0.717, 1.165) is 32.1 Å². The van der Waals surface area contributed by atoms with Crippen LogP contribution in [0.25, 0.3) is 0 Å². The molecule has 3 N–H and O–H groups in total. The highest BCUT2D eigenvalue weighted by atomic mass is 16.6. The van der Waals surface area contributed by atoms with Crippen molar-refractivity contribution in [3.63, 3.8) is 0 Å². The van der Waals surface area contributed by atoms with Gasteiger partial charge < -0.3 is 25.2 Å². The van der Waals surface area contributed by atoms with Crippen LogP contribution in [-0.4, -0.2) is 63.4 Å². The number of hydrogen-bond acceptors (Lipinski definition) is 5. The first-order valence-electron chi connectivity index (χ1n) is 10.3. The normalized spacial score (nSPS) is 27.3. The summed E-state index contributed by atoms with van der Waals surface area (Å²) < 4.78 is 5.33. The van der Waals surface area contributed by atoms with Crippen LogP contribution in [0.15, 0.2) is 0 Å². The zero-order valence-corrected chi connectivity index (χ0v) is 17.3. The zero-order valence-electron chi connectivity index (χ0n) is 17.3. The summed E-state index contributed by atoms with van der Waals surface area (Å²) >= 11 is 0. The summed E-state index contributed by atoms with van der Waals surface area (Å²) in [5.74, 6) is -1.73. The lowest BCUT2D eigenvalue weighted by atomic mass is 9.77. The SMILES string of the molecule is CCC(O)C(=O)N1CC(C2CCCCC2)[C@H](NC(=O)OC(C)(C)C)[C@H]1C(=O)O. The zero-order chi connectivity index (χ0) is 21.1. The number of likely N-dealkylation sites (tertiary alicyclic amines) is 1. The van der Waals surface area contributed by atoms with Crippen molar-refractivity contribution >= 4 is 18.0 Å².